The molecular formula is C27H24N2O6S. The van der Waals surface area contributed by atoms with Gasteiger partial charge in [0, 0.05) is 12.0 Å². The topological polar surface area (TPSA) is 106 Å². The normalized spacial score (nSPS) is 20.4. The van der Waals surface area contributed by atoms with Crippen LogP contribution in [0.4, 0.5) is 5.13 Å². The van der Waals surface area contributed by atoms with Gasteiger partial charge in [-0.25, -0.2) is 9.78 Å². The molecule has 1 N–H and O–H groups in total. The summed E-state index contributed by atoms with van der Waals surface area (Å²) in [6.45, 7) is 5.51. The second kappa shape index (κ2) is 9.23. The number of carbonyl (C=O) groups is 3. The van der Waals surface area contributed by atoms with Gasteiger partial charge < -0.3 is 14.6 Å². The molecule has 0 aliphatic carbocycles. The third-order valence-corrected chi connectivity index (χ3v) is 7.32. The number of hydrogen-bond acceptors (Lipinski definition) is 8. The summed E-state index contributed by atoms with van der Waals surface area (Å²) in [6, 6.07) is 13.3. The lowest BCUT2D eigenvalue weighted by Gasteiger charge is -2.23. The molecule has 2 aliphatic rings. The first-order chi connectivity index (χ1) is 17.3. The first kappa shape index (κ1) is 23.7. The molecule has 2 atom stereocenters. The number of aromatic nitrogens is 1. The van der Waals surface area contributed by atoms with E-state index < -0.39 is 23.7 Å². The van der Waals surface area contributed by atoms with E-state index in [0.29, 0.717) is 23.2 Å². The van der Waals surface area contributed by atoms with Crippen LogP contribution in [0.25, 0.3) is 5.76 Å². The van der Waals surface area contributed by atoms with Crippen LogP contribution in [0.15, 0.2) is 54.1 Å². The highest BCUT2D eigenvalue weighted by Gasteiger charge is 2.48. The SMILES string of the molecule is CCOC(=O)c1sc(N2C(=O)C(=O)C(=C(O)c3ccc4c(c3)C[C@@H](C)O4)[C@@H]2c2ccccc2)nc1C. The molecule has 0 radical (unpaired) electrons. The summed E-state index contributed by atoms with van der Waals surface area (Å²) in [5.74, 6) is -1.72. The average Bonchev–Trinajstić information content (AvgIpc) is 3.51. The Balaban J connectivity index is 1.65. The predicted molar refractivity (Wildman–Crippen MR) is 134 cm³/mol. The Labute approximate surface area is 211 Å². The van der Waals surface area contributed by atoms with E-state index in [2.05, 4.69) is 4.98 Å². The van der Waals surface area contributed by atoms with Gasteiger partial charge in [0.25, 0.3) is 5.78 Å². The molecule has 3 heterocycles. The van der Waals surface area contributed by atoms with Gasteiger partial charge in [-0.05, 0) is 50.1 Å². The smallest absolute Gasteiger partial charge is 0.350 e. The van der Waals surface area contributed by atoms with E-state index in [9.17, 15) is 19.5 Å². The minimum Gasteiger partial charge on any atom is -0.507 e. The van der Waals surface area contributed by atoms with E-state index in [0.717, 1.165) is 22.6 Å². The van der Waals surface area contributed by atoms with Crippen LogP contribution < -0.4 is 9.64 Å². The summed E-state index contributed by atoms with van der Waals surface area (Å²) in [5.41, 5.74) is 2.33. The van der Waals surface area contributed by atoms with E-state index in [4.69, 9.17) is 9.47 Å². The number of hydrogen-bond donors (Lipinski definition) is 1. The van der Waals surface area contributed by atoms with Gasteiger partial charge in [0.05, 0.1) is 23.9 Å². The number of ketones is 1. The van der Waals surface area contributed by atoms with Crippen molar-refractivity contribution in [3.05, 3.63) is 81.4 Å². The molecule has 1 aromatic heterocycles. The van der Waals surface area contributed by atoms with Crippen LogP contribution in [0.5, 0.6) is 5.75 Å². The fourth-order valence-corrected chi connectivity index (χ4v) is 5.56. The zero-order valence-corrected chi connectivity index (χ0v) is 20.8. The van der Waals surface area contributed by atoms with Gasteiger partial charge in [-0.1, -0.05) is 41.7 Å². The third kappa shape index (κ3) is 3.95. The van der Waals surface area contributed by atoms with Crippen molar-refractivity contribution in [1.82, 2.24) is 4.98 Å². The Morgan fingerprint density at radius 1 is 1.22 bits per heavy atom. The molecule has 8 nitrogen and oxygen atoms in total. The molecule has 0 saturated carbocycles. The number of benzene rings is 2. The molecule has 2 aromatic carbocycles. The molecule has 3 aromatic rings. The van der Waals surface area contributed by atoms with Crippen LogP contribution in [-0.2, 0) is 20.7 Å². The summed E-state index contributed by atoms with van der Waals surface area (Å²) < 4.78 is 10.9. The van der Waals surface area contributed by atoms with Crippen molar-refractivity contribution in [2.45, 2.75) is 39.3 Å². The van der Waals surface area contributed by atoms with Crippen molar-refractivity contribution in [3.63, 3.8) is 0 Å². The van der Waals surface area contributed by atoms with Crippen LogP contribution in [0.3, 0.4) is 0 Å². The number of aliphatic hydroxyl groups excluding tert-OH is 1. The van der Waals surface area contributed by atoms with Crippen LogP contribution >= 0.6 is 11.3 Å². The van der Waals surface area contributed by atoms with Crippen molar-refractivity contribution in [1.29, 1.82) is 0 Å². The van der Waals surface area contributed by atoms with Gasteiger partial charge in [-0.3, -0.25) is 14.5 Å². The minimum absolute atomic E-state index is 0.0223. The number of ether oxygens (including phenoxy) is 2. The van der Waals surface area contributed by atoms with Crippen molar-refractivity contribution in [2.24, 2.45) is 0 Å². The van der Waals surface area contributed by atoms with Crippen LogP contribution in [0, 0.1) is 6.92 Å². The summed E-state index contributed by atoms with van der Waals surface area (Å²) in [4.78, 5) is 45.0. The highest BCUT2D eigenvalue weighted by molar-refractivity contribution is 7.17. The molecule has 0 unspecified atom stereocenters. The maximum atomic E-state index is 13.4. The maximum Gasteiger partial charge on any atom is 0.350 e. The highest BCUT2D eigenvalue weighted by Crippen LogP contribution is 2.44. The average molecular weight is 505 g/mol. The summed E-state index contributed by atoms with van der Waals surface area (Å²) in [6.07, 6.45) is 0.705. The number of thiazole rings is 1. The third-order valence-electron chi connectivity index (χ3n) is 6.18. The number of anilines is 1. The number of aliphatic hydroxyl groups is 1. The summed E-state index contributed by atoms with van der Waals surface area (Å²) in [5, 5.41) is 11.6. The number of Topliss-reactive ketones (excluding diaryl/α,β-unsaturated/α-hetero) is 1. The van der Waals surface area contributed by atoms with Crippen LogP contribution in [-0.4, -0.2) is 40.5 Å². The molecule has 36 heavy (non-hydrogen) atoms. The van der Waals surface area contributed by atoms with E-state index in [1.807, 2.05) is 13.0 Å². The Morgan fingerprint density at radius 2 is 1.97 bits per heavy atom. The fraction of sp³-hybridized carbons (Fsp3) is 0.259. The Bertz CT molecular complexity index is 1410. The van der Waals surface area contributed by atoms with Crippen LogP contribution in [0.2, 0.25) is 0 Å². The molecule has 2 aliphatic heterocycles. The lowest BCUT2D eigenvalue weighted by molar-refractivity contribution is -0.132. The van der Waals surface area contributed by atoms with Crippen molar-refractivity contribution in [2.75, 3.05) is 11.5 Å². The first-order valence-electron chi connectivity index (χ1n) is 11.6. The van der Waals surface area contributed by atoms with Gasteiger partial charge in [-0.2, -0.15) is 0 Å². The zero-order chi connectivity index (χ0) is 25.6. The molecule has 1 amide bonds. The number of aryl methyl sites for hydroxylation is 1. The number of carbonyl (C=O) groups excluding carboxylic acids is 3. The van der Waals surface area contributed by atoms with E-state index in [-0.39, 0.29) is 34.1 Å². The molecule has 0 spiro atoms. The number of nitrogens with zero attached hydrogens (tertiary/aromatic N) is 2. The maximum absolute atomic E-state index is 13.4. The number of fused-ring (bicyclic) bond motifs is 1. The number of esters is 1. The lowest BCUT2D eigenvalue weighted by Crippen LogP contribution is -2.29. The molecule has 1 saturated heterocycles. The largest absolute Gasteiger partial charge is 0.507 e. The van der Waals surface area contributed by atoms with Crippen molar-refractivity contribution in [3.8, 4) is 5.75 Å². The summed E-state index contributed by atoms with van der Waals surface area (Å²) >= 11 is 0.982. The second-order valence-corrected chi connectivity index (χ2v) is 9.64. The minimum atomic E-state index is -0.921. The van der Waals surface area contributed by atoms with Gasteiger partial charge in [0.2, 0.25) is 0 Å². The van der Waals surface area contributed by atoms with E-state index in [1.165, 1.54) is 4.90 Å². The zero-order valence-electron chi connectivity index (χ0n) is 20.0. The number of amides is 1. The molecule has 0 bridgehead atoms. The number of rotatable bonds is 5. The Morgan fingerprint density at radius 3 is 2.69 bits per heavy atom. The van der Waals surface area contributed by atoms with Gasteiger partial charge in [-0.15, -0.1) is 0 Å². The van der Waals surface area contributed by atoms with E-state index >= 15 is 0 Å². The standard InChI is InChI=1S/C27H24N2O6S/c1-4-34-26(33)24-15(3)28-27(36-24)29-21(16-8-6-5-7-9-16)20(23(31)25(29)32)22(30)17-10-11-19-18(13-17)12-14(2)35-19/h5-11,13-14,21,30H,4,12H2,1-3H3/t14-,21+/m1/s1. The quantitative estimate of drug-likeness (QED) is 0.235. The monoisotopic (exact) mass is 504 g/mol. The molecule has 184 valence electrons. The molecule has 1 fully saturated rings. The van der Waals surface area contributed by atoms with E-state index in [1.54, 1.807) is 56.3 Å². The summed E-state index contributed by atoms with van der Waals surface area (Å²) in [7, 11) is 0. The molecular weight excluding hydrogens is 480 g/mol. The van der Waals surface area contributed by atoms with Crippen molar-refractivity contribution >= 4 is 39.9 Å². The first-order valence-corrected chi connectivity index (χ1v) is 12.4. The lowest BCUT2D eigenvalue weighted by atomic mass is 9.94. The Hall–Kier alpha value is -3.98. The molecule has 5 rings (SSSR count). The van der Waals surface area contributed by atoms with Crippen molar-refractivity contribution < 1.29 is 29.0 Å². The van der Waals surface area contributed by atoms with Gasteiger partial charge in [0.1, 0.15) is 22.5 Å². The predicted octanol–water partition coefficient (Wildman–Crippen LogP) is 4.58. The van der Waals surface area contributed by atoms with Gasteiger partial charge >= 0.3 is 11.9 Å². The second-order valence-electron chi connectivity index (χ2n) is 8.67. The highest BCUT2D eigenvalue weighted by atomic mass is 32.1. The Kier molecular flexibility index (Phi) is 6.09. The van der Waals surface area contributed by atoms with Crippen LogP contribution in [0.1, 0.15) is 51.9 Å². The fourth-order valence-electron chi connectivity index (χ4n) is 4.58. The van der Waals surface area contributed by atoms with Gasteiger partial charge in [0.15, 0.2) is 5.13 Å². The molecule has 9 heteroatoms.